The van der Waals surface area contributed by atoms with E-state index in [0.717, 1.165) is 13.1 Å². The Labute approximate surface area is 91.5 Å². The summed E-state index contributed by atoms with van der Waals surface area (Å²) in [6.07, 6.45) is -1.17. The summed E-state index contributed by atoms with van der Waals surface area (Å²) in [5, 5.41) is 40.6. The maximum absolute atomic E-state index is 9.89. The van der Waals surface area contributed by atoms with E-state index in [1.165, 1.54) is 0 Å². The first-order valence-electron chi connectivity index (χ1n) is 4.97. The summed E-state index contributed by atoms with van der Waals surface area (Å²) >= 11 is 0. The van der Waals surface area contributed by atoms with Crippen LogP contribution in [0.4, 0.5) is 0 Å². The number of furan rings is 1. The molecule has 1 saturated heterocycles. The van der Waals surface area contributed by atoms with Crippen LogP contribution in [0.1, 0.15) is 12.0 Å². The quantitative estimate of drug-likeness (QED) is 0.456. The second-order valence-corrected chi connectivity index (χ2v) is 3.63. The summed E-state index contributed by atoms with van der Waals surface area (Å²) in [6.45, 7) is 2.61. The van der Waals surface area contributed by atoms with Crippen LogP contribution in [0.25, 0.3) is 0 Å². The maximum atomic E-state index is 9.89. The van der Waals surface area contributed by atoms with E-state index in [-0.39, 0.29) is 5.76 Å². The van der Waals surface area contributed by atoms with Crippen molar-refractivity contribution in [1.29, 1.82) is 0 Å². The predicted octanol–water partition coefficient (Wildman–Crippen LogP) is -0.708. The number of aromatic hydroxyl groups is 3. The Morgan fingerprint density at radius 2 is 1.75 bits per heavy atom. The number of aliphatic hydroxyl groups excluding tert-OH is 1. The summed E-state index contributed by atoms with van der Waals surface area (Å²) in [6, 6.07) is 0. The molecule has 1 aromatic heterocycles. The molecule has 1 aromatic rings. The Kier molecular flexibility index (Phi) is 2.90. The molecule has 1 aliphatic heterocycles. The Hall–Kier alpha value is -1.44. The lowest BCUT2D eigenvalue weighted by Gasteiger charge is -2.30. The van der Waals surface area contributed by atoms with Crippen molar-refractivity contribution in [2.75, 3.05) is 26.2 Å². The summed E-state index contributed by atoms with van der Waals surface area (Å²) in [7, 11) is 0. The zero-order chi connectivity index (χ0) is 11.7. The van der Waals surface area contributed by atoms with E-state index >= 15 is 0 Å². The van der Waals surface area contributed by atoms with Gasteiger partial charge in [0.15, 0.2) is 12.0 Å². The zero-order valence-corrected chi connectivity index (χ0v) is 8.55. The first-order chi connectivity index (χ1) is 7.61. The highest BCUT2D eigenvalue weighted by molar-refractivity contribution is 5.47. The molecule has 0 amide bonds. The first-order valence-corrected chi connectivity index (χ1v) is 4.97. The fourth-order valence-corrected chi connectivity index (χ4v) is 1.69. The molecule has 16 heavy (non-hydrogen) atoms. The fraction of sp³-hybridized carbons (Fsp3) is 0.556. The third kappa shape index (κ3) is 1.80. The topological polar surface area (TPSA) is 109 Å². The summed E-state index contributed by atoms with van der Waals surface area (Å²) < 4.78 is 4.70. The molecule has 1 aliphatic rings. The predicted molar refractivity (Wildman–Crippen MR) is 53.1 cm³/mol. The highest BCUT2D eigenvalue weighted by Crippen LogP contribution is 2.43. The molecule has 5 N–H and O–H groups in total. The van der Waals surface area contributed by atoms with Gasteiger partial charge in [0, 0.05) is 26.2 Å². The minimum atomic E-state index is -1.17. The second-order valence-electron chi connectivity index (χ2n) is 3.63. The highest BCUT2D eigenvalue weighted by Gasteiger charge is 2.29. The van der Waals surface area contributed by atoms with Gasteiger partial charge in [-0.2, -0.15) is 0 Å². The largest absolute Gasteiger partial charge is 0.502 e. The lowest BCUT2D eigenvalue weighted by molar-refractivity contribution is -0.0236. The Morgan fingerprint density at radius 3 is 2.25 bits per heavy atom. The molecule has 0 aliphatic carbocycles. The van der Waals surface area contributed by atoms with Gasteiger partial charge < -0.3 is 30.2 Å². The average molecular weight is 230 g/mol. The number of piperazine rings is 1. The number of hydrogen-bond acceptors (Lipinski definition) is 7. The van der Waals surface area contributed by atoms with E-state index in [2.05, 4.69) is 5.32 Å². The van der Waals surface area contributed by atoms with Crippen LogP contribution in [0.15, 0.2) is 4.42 Å². The molecular formula is C9H14N2O5. The van der Waals surface area contributed by atoms with Gasteiger partial charge in [0.25, 0.3) is 0 Å². The number of hydrogen-bond donors (Lipinski definition) is 5. The second kappa shape index (κ2) is 4.20. The molecular weight excluding hydrogens is 216 g/mol. The zero-order valence-electron chi connectivity index (χ0n) is 8.55. The fourth-order valence-electron chi connectivity index (χ4n) is 1.69. The average Bonchev–Trinajstić information content (AvgIpc) is 2.57. The minimum Gasteiger partial charge on any atom is -0.502 e. The number of nitrogens with zero attached hydrogens (tertiary/aromatic N) is 1. The molecule has 2 rings (SSSR count). The van der Waals surface area contributed by atoms with Crippen LogP contribution in [0.3, 0.4) is 0 Å². The van der Waals surface area contributed by atoms with Gasteiger partial charge in [-0.3, -0.25) is 4.90 Å². The van der Waals surface area contributed by atoms with Crippen LogP contribution < -0.4 is 5.32 Å². The maximum Gasteiger partial charge on any atom is 0.330 e. The third-order valence-corrected chi connectivity index (χ3v) is 2.60. The van der Waals surface area contributed by atoms with Crippen LogP contribution in [0.5, 0.6) is 17.4 Å². The molecule has 1 fully saturated rings. The first kappa shape index (κ1) is 11.1. The summed E-state index contributed by atoms with van der Waals surface area (Å²) in [4.78, 5) is 1.66. The molecule has 2 heterocycles. The summed E-state index contributed by atoms with van der Waals surface area (Å²) in [5.41, 5.74) is 0. The molecule has 7 nitrogen and oxygen atoms in total. The van der Waals surface area contributed by atoms with Gasteiger partial charge in [0.2, 0.25) is 11.5 Å². The van der Waals surface area contributed by atoms with Crippen LogP contribution in [0.2, 0.25) is 0 Å². The molecule has 0 aromatic carbocycles. The van der Waals surface area contributed by atoms with E-state index in [4.69, 9.17) is 14.6 Å². The van der Waals surface area contributed by atoms with E-state index in [9.17, 15) is 10.2 Å². The monoisotopic (exact) mass is 230 g/mol. The Morgan fingerprint density at radius 1 is 1.12 bits per heavy atom. The number of rotatable bonds is 2. The van der Waals surface area contributed by atoms with Crippen molar-refractivity contribution in [2.24, 2.45) is 0 Å². The molecule has 1 unspecified atom stereocenters. The van der Waals surface area contributed by atoms with Gasteiger partial charge in [-0.1, -0.05) is 0 Å². The van der Waals surface area contributed by atoms with Crippen LogP contribution in [-0.2, 0) is 0 Å². The van der Waals surface area contributed by atoms with Crippen molar-refractivity contribution in [3.05, 3.63) is 5.76 Å². The van der Waals surface area contributed by atoms with Gasteiger partial charge in [-0.15, -0.1) is 0 Å². The van der Waals surface area contributed by atoms with Crippen LogP contribution in [-0.4, -0.2) is 51.5 Å². The van der Waals surface area contributed by atoms with Gasteiger partial charge in [0.1, 0.15) is 0 Å². The van der Waals surface area contributed by atoms with Crippen LogP contribution >= 0.6 is 0 Å². The normalized spacial score (nSPS) is 19.8. The van der Waals surface area contributed by atoms with E-state index < -0.39 is 23.7 Å². The van der Waals surface area contributed by atoms with Gasteiger partial charge >= 0.3 is 5.95 Å². The van der Waals surface area contributed by atoms with E-state index in [0.29, 0.717) is 13.1 Å². The number of aliphatic hydroxyl groups is 1. The molecule has 0 radical (unpaired) electrons. The smallest absolute Gasteiger partial charge is 0.330 e. The minimum absolute atomic E-state index is 0.239. The lowest BCUT2D eigenvalue weighted by atomic mass is 10.3. The molecule has 1 atom stereocenters. The third-order valence-electron chi connectivity index (χ3n) is 2.60. The summed E-state index contributed by atoms with van der Waals surface area (Å²) in [5.74, 6) is -2.40. The van der Waals surface area contributed by atoms with Crippen molar-refractivity contribution >= 4 is 0 Å². The van der Waals surface area contributed by atoms with Crippen molar-refractivity contribution in [3.8, 4) is 17.4 Å². The van der Waals surface area contributed by atoms with Crippen LogP contribution in [0, 0.1) is 0 Å². The van der Waals surface area contributed by atoms with E-state index in [1.54, 1.807) is 4.90 Å². The SMILES string of the molecule is Oc1oc(C(O)N2CCNCC2)c(O)c1O. The van der Waals surface area contributed by atoms with Crippen molar-refractivity contribution in [2.45, 2.75) is 6.23 Å². The van der Waals surface area contributed by atoms with Crippen molar-refractivity contribution in [3.63, 3.8) is 0 Å². The van der Waals surface area contributed by atoms with Crippen molar-refractivity contribution in [1.82, 2.24) is 10.2 Å². The Bertz CT molecular complexity index is 372. The number of nitrogens with one attached hydrogen (secondary N) is 1. The van der Waals surface area contributed by atoms with Crippen molar-refractivity contribution < 1.29 is 24.8 Å². The van der Waals surface area contributed by atoms with Gasteiger partial charge in [-0.25, -0.2) is 0 Å². The molecule has 7 heteroatoms. The molecule has 0 saturated carbocycles. The molecule has 0 bridgehead atoms. The Balaban J connectivity index is 2.19. The molecule has 90 valence electrons. The standard InChI is InChI=1S/C9H14N2O5/c12-5-6(13)9(15)16-7(5)8(14)11-3-1-10-2-4-11/h8,10,12-15H,1-4H2. The highest BCUT2D eigenvalue weighted by atomic mass is 16.5. The van der Waals surface area contributed by atoms with Gasteiger partial charge in [-0.05, 0) is 0 Å². The molecule has 0 spiro atoms. The lowest BCUT2D eigenvalue weighted by Crippen LogP contribution is -2.45. The van der Waals surface area contributed by atoms with Gasteiger partial charge in [0.05, 0.1) is 0 Å². The van der Waals surface area contributed by atoms with E-state index in [1.807, 2.05) is 0 Å².